The molecule has 0 bridgehead atoms. The standard InChI is InChI=1S/C21H22N4O6/c1-12(26)23-16-7-5-15(6-8-16)20(28)24-17(21(29)25-22)10-14-4-9-18(31-13(2)27)19(11-14)30-3/h4-11H,22H2,1-3H3,(H,23,26)(H,24,28)(H,25,29)/b17-10+. The van der Waals surface area contributed by atoms with Gasteiger partial charge in [-0.2, -0.15) is 0 Å². The van der Waals surface area contributed by atoms with Crippen LogP contribution in [0.4, 0.5) is 5.69 Å². The molecule has 0 aliphatic rings. The highest BCUT2D eigenvalue weighted by atomic mass is 16.6. The molecule has 0 unspecified atom stereocenters. The van der Waals surface area contributed by atoms with Crippen LogP contribution in [0.2, 0.25) is 0 Å². The monoisotopic (exact) mass is 426 g/mol. The molecule has 10 nitrogen and oxygen atoms in total. The van der Waals surface area contributed by atoms with Crippen molar-refractivity contribution in [2.45, 2.75) is 13.8 Å². The molecular weight excluding hydrogens is 404 g/mol. The SMILES string of the molecule is COc1cc(/C=C(/NC(=O)c2ccc(NC(C)=O)cc2)C(=O)NN)ccc1OC(C)=O. The van der Waals surface area contributed by atoms with Crippen molar-refractivity contribution < 1.29 is 28.7 Å². The summed E-state index contributed by atoms with van der Waals surface area (Å²) in [7, 11) is 1.40. The fourth-order valence-corrected chi connectivity index (χ4v) is 2.52. The molecule has 31 heavy (non-hydrogen) atoms. The van der Waals surface area contributed by atoms with Crippen molar-refractivity contribution in [3.05, 3.63) is 59.3 Å². The largest absolute Gasteiger partial charge is 0.493 e. The topological polar surface area (TPSA) is 149 Å². The van der Waals surface area contributed by atoms with E-state index in [0.29, 0.717) is 11.3 Å². The van der Waals surface area contributed by atoms with E-state index in [2.05, 4.69) is 10.6 Å². The summed E-state index contributed by atoms with van der Waals surface area (Å²) in [5.41, 5.74) is 3.11. The highest BCUT2D eigenvalue weighted by molar-refractivity contribution is 6.05. The number of esters is 1. The van der Waals surface area contributed by atoms with Gasteiger partial charge in [0.15, 0.2) is 11.5 Å². The molecule has 0 saturated heterocycles. The second-order valence-corrected chi connectivity index (χ2v) is 6.25. The van der Waals surface area contributed by atoms with Gasteiger partial charge in [-0.1, -0.05) is 6.07 Å². The van der Waals surface area contributed by atoms with Gasteiger partial charge >= 0.3 is 5.97 Å². The lowest BCUT2D eigenvalue weighted by Gasteiger charge is -2.11. The third-order valence-electron chi connectivity index (χ3n) is 3.84. The predicted octanol–water partition coefficient (Wildman–Crippen LogP) is 1.34. The summed E-state index contributed by atoms with van der Waals surface area (Å²) in [5.74, 6) is 3.65. The molecule has 3 amide bonds. The van der Waals surface area contributed by atoms with Crippen molar-refractivity contribution in [2.75, 3.05) is 12.4 Å². The Morgan fingerprint density at radius 3 is 2.19 bits per heavy atom. The number of benzene rings is 2. The summed E-state index contributed by atoms with van der Waals surface area (Å²) in [6.45, 7) is 2.63. The Labute approximate surface area is 178 Å². The summed E-state index contributed by atoms with van der Waals surface area (Å²) in [6.07, 6.45) is 1.38. The van der Waals surface area contributed by atoms with E-state index in [0.717, 1.165) is 0 Å². The average molecular weight is 426 g/mol. The zero-order valence-corrected chi connectivity index (χ0v) is 17.1. The first-order valence-corrected chi connectivity index (χ1v) is 9.01. The number of hydrogen-bond acceptors (Lipinski definition) is 7. The minimum Gasteiger partial charge on any atom is -0.493 e. The molecule has 2 rings (SSSR count). The Bertz CT molecular complexity index is 1030. The van der Waals surface area contributed by atoms with Crippen molar-refractivity contribution in [3.8, 4) is 11.5 Å². The molecule has 0 aromatic heterocycles. The molecule has 0 spiro atoms. The molecule has 2 aromatic carbocycles. The summed E-state index contributed by atoms with van der Waals surface area (Å²) >= 11 is 0. The number of hydrazine groups is 1. The molecule has 0 saturated carbocycles. The number of rotatable bonds is 7. The van der Waals surface area contributed by atoms with Gasteiger partial charge < -0.3 is 20.1 Å². The lowest BCUT2D eigenvalue weighted by atomic mass is 10.1. The van der Waals surface area contributed by atoms with E-state index in [4.69, 9.17) is 15.3 Å². The maximum absolute atomic E-state index is 12.6. The molecule has 0 aliphatic heterocycles. The molecule has 0 fully saturated rings. The van der Waals surface area contributed by atoms with Crippen molar-refractivity contribution in [2.24, 2.45) is 5.84 Å². The number of anilines is 1. The molecule has 0 aliphatic carbocycles. The van der Waals surface area contributed by atoms with Gasteiger partial charge in [0, 0.05) is 25.1 Å². The molecule has 5 N–H and O–H groups in total. The second kappa shape index (κ2) is 10.6. The lowest BCUT2D eigenvalue weighted by molar-refractivity contribution is -0.132. The van der Waals surface area contributed by atoms with Gasteiger partial charge in [-0.05, 0) is 48.0 Å². The molecule has 0 heterocycles. The van der Waals surface area contributed by atoms with Gasteiger partial charge in [-0.15, -0.1) is 0 Å². The Hall–Kier alpha value is -4.18. The van der Waals surface area contributed by atoms with Crippen molar-refractivity contribution in [3.63, 3.8) is 0 Å². The second-order valence-electron chi connectivity index (χ2n) is 6.25. The molecule has 162 valence electrons. The Morgan fingerprint density at radius 2 is 1.65 bits per heavy atom. The third-order valence-corrected chi connectivity index (χ3v) is 3.84. The van der Waals surface area contributed by atoms with Crippen LogP contribution in [0, 0.1) is 0 Å². The van der Waals surface area contributed by atoms with Crippen molar-refractivity contribution >= 4 is 35.5 Å². The van der Waals surface area contributed by atoms with Crippen LogP contribution in [-0.4, -0.2) is 30.8 Å². The van der Waals surface area contributed by atoms with Crippen LogP contribution >= 0.6 is 0 Å². The number of nitrogens with one attached hydrogen (secondary N) is 3. The van der Waals surface area contributed by atoms with Gasteiger partial charge in [0.2, 0.25) is 5.91 Å². The number of ether oxygens (including phenoxy) is 2. The molecule has 0 atom stereocenters. The number of carbonyl (C=O) groups is 4. The van der Waals surface area contributed by atoms with Crippen LogP contribution in [0.25, 0.3) is 6.08 Å². The fraction of sp³-hybridized carbons (Fsp3) is 0.143. The third kappa shape index (κ3) is 6.68. The maximum atomic E-state index is 12.6. The van der Waals surface area contributed by atoms with Crippen molar-refractivity contribution in [1.29, 1.82) is 0 Å². The summed E-state index contributed by atoms with van der Waals surface area (Å²) in [4.78, 5) is 47.0. The molecule has 10 heteroatoms. The van der Waals surface area contributed by atoms with E-state index in [9.17, 15) is 19.2 Å². The quantitative estimate of drug-likeness (QED) is 0.130. The average Bonchev–Trinajstić information content (AvgIpc) is 2.73. The van der Waals surface area contributed by atoms with Crippen LogP contribution < -0.4 is 31.4 Å². The van der Waals surface area contributed by atoms with E-state index in [1.54, 1.807) is 18.2 Å². The minimum absolute atomic E-state index is 0.124. The zero-order valence-electron chi connectivity index (χ0n) is 17.1. The number of hydrogen-bond donors (Lipinski definition) is 4. The first kappa shape index (κ1) is 23.1. The fourth-order valence-electron chi connectivity index (χ4n) is 2.52. The predicted molar refractivity (Wildman–Crippen MR) is 113 cm³/mol. The van der Waals surface area contributed by atoms with Gasteiger partial charge in [-0.25, -0.2) is 5.84 Å². The van der Waals surface area contributed by atoms with E-state index < -0.39 is 17.8 Å². The van der Waals surface area contributed by atoms with Crippen molar-refractivity contribution in [1.82, 2.24) is 10.7 Å². The number of amides is 3. The van der Waals surface area contributed by atoms with E-state index in [-0.39, 0.29) is 28.7 Å². The number of methoxy groups -OCH3 is 1. The van der Waals surface area contributed by atoms with E-state index in [1.165, 1.54) is 51.3 Å². The lowest BCUT2D eigenvalue weighted by Crippen LogP contribution is -2.38. The van der Waals surface area contributed by atoms with Gasteiger partial charge in [0.1, 0.15) is 5.70 Å². The Morgan fingerprint density at radius 1 is 0.968 bits per heavy atom. The summed E-state index contributed by atoms with van der Waals surface area (Å²) < 4.78 is 10.2. The van der Waals surface area contributed by atoms with Crippen LogP contribution in [0.1, 0.15) is 29.8 Å². The molecular formula is C21H22N4O6. The first-order valence-electron chi connectivity index (χ1n) is 9.01. The van der Waals surface area contributed by atoms with Gasteiger partial charge in [-0.3, -0.25) is 24.6 Å². The smallest absolute Gasteiger partial charge is 0.308 e. The minimum atomic E-state index is -0.730. The first-order chi connectivity index (χ1) is 14.7. The van der Waals surface area contributed by atoms with Crippen LogP contribution in [0.3, 0.4) is 0 Å². The molecule has 2 aromatic rings. The van der Waals surface area contributed by atoms with Crippen LogP contribution in [0.15, 0.2) is 48.2 Å². The maximum Gasteiger partial charge on any atom is 0.308 e. The normalized spacial score (nSPS) is 10.6. The van der Waals surface area contributed by atoms with Crippen LogP contribution in [0.5, 0.6) is 11.5 Å². The molecule has 0 radical (unpaired) electrons. The highest BCUT2D eigenvalue weighted by Gasteiger charge is 2.15. The number of nitrogens with two attached hydrogens (primary N) is 1. The van der Waals surface area contributed by atoms with Gasteiger partial charge in [0.05, 0.1) is 7.11 Å². The zero-order chi connectivity index (χ0) is 23.0. The van der Waals surface area contributed by atoms with Gasteiger partial charge in [0.25, 0.3) is 11.8 Å². The highest BCUT2D eigenvalue weighted by Crippen LogP contribution is 2.29. The van der Waals surface area contributed by atoms with E-state index in [1.807, 2.05) is 5.43 Å². The summed E-state index contributed by atoms with van der Waals surface area (Å²) in [5, 5.41) is 5.09. The van der Waals surface area contributed by atoms with Crippen LogP contribution in [-0.2, 0) is 14.4 Å². The summed E-state index contributed by atoms with van der Waals surface area (Å²) in [6, 6.07) is 10.7. The Balaban J connectivity index is 2.28. The number of carbonyl (C=O) groups excluding carboxylic acids is 4. The van der Waals surface area contributed by atoms with E-state index >= 15 is 0 Å². The Kier molecular flexibility index (Phi) is 7.87.